The average molecular weight is 215 g/mol. The van der Waals surface area contributed by atoms with Gasteiger partial charge in [0.1, 0.15) is 0 Å². The summed E-state index contributed by atoms with van der Waals surface area (Å²) in [5, 5.41) is 3.54. The van der Waals surface area contributed by atoms with E-state index in [1.54, 1.807) is 7.11 Å². The van der Waals surface area contributed by atoms with Crippen molar-refractivity contribution in [1.29, 1.82) is 0 Å². The highest BCUT2D eigenvalue weighted by Gasteiger charge is 2.36. The van der Waals surface area contributed by atoms with Crippen LogP contribution in [-0.4, -0.2) is 38.5 Å². The van der Waals surface area contributed by atoms with Gasteiger partial charge in [0.25, 0.3) is 0 Å². The summed E-state index contributed by atoms with van der Waals surface area (Å²) in [6, 6.07) is 0.413. The molecule has 1 aliphatic rings. The van der Waals surface area contributed by atoms with Gasteiger partial charge in [-0.25, -0.2) is 0 Å². The van der Waals surface area contributed by atoms with Gasteiger partial charge >= 0.3 is 0 Å². The number of rotatable bonds is 4. The van der Waals surface area contributed by atoms with Crippen molar-refractivity contribution in [3.63, 3.8) is 0 Å². The van der Waals surface area contributed by atoms with Crippen molar-refractivity contribution in [1.82, 2.24) is 5.32 Å². The van der Waals surface area contributed by atoms with Crippen molar-refractivity contribution in [2.24, 2.45) is 5.41 Å². The van der Waals surface area contributed by atoms with Crippen LogP contribution in [0.25, 0.3) is 0 Å². The highest BCUT2D eigenvalue weighted by Crippen LogP contribution is 2.30. The van der Waals surface area contributed by atoms with E-state index >= 15 is 0 Å². The van der Waals surface area contributed by atoms with Gasteiger partial charge in [-0.05, 0) is 25.7 Å². The summed E-state index contributed by atoms with van der Waals surface area (Å²) < 4.78 is 11.0. The van der Waals surface area contributed by atoms with Gasteiger partial charge in [0.15, 0.2) is 0 Å². The Morgan fingerprint density at radius 1 is 1.47 bits per heavy atom. The second kappa shape index (κ2) is 4.81. The highest BCUT2D eigenvalue weighted by molar-refractivity contribution is 4.92. The van der Waals surface area contributed by atoms with E-state index in [1.807, 2.05) is 0 Å². The first-order valence-corrected chi connectivity index (χ1v) is 5.74. The quantitative estimate of drug-likeness (QED) is 0.776. The Balaban J connectivity index is 2.55. The van der Waals surface area contributed by atoms with Gasteiger partial charge in [0.05, 0.1) is 18.8 Å². The van der Waals surface area contributed by atoms with Crippen molar-refractivity contribution >= 4 is 0 Å². The Kier molecular flexibility index (Phi) is 4.15. The first-order chi connectivity index (χ1) is 6.87. The molecule has 0 bridgehead atoms. The molecule has 3 heteroatoms. The number of ether oxygens (including phenoxy) is 2. The van der Waals surface area contributed by atoms with Crippen LogP contribution in [0.3, 0.4) is 0 Å². The fourth-order valence-corrected chi connectivity index (χ4v) is 2.21. The van der Waals surface area contributed by atoms with Crippen molar-refractivity contribution in [3.05, 3.63) is 0 Å². The third kappa shape index (κ3) is 3.74. The number of morpholine rings is 1. The summed E-state index contributed by atoms with van der Waals surface area (Å²) in [6.07, 6.45) is 1.08. The van der Waals surface area contributed by atoms with Gasteiger partial charge in [-0.3, -0.25) is 0 Å². The fourth-order valence-electron chi connectivity index (χ4n) is 2.21. The molecular weight excluding hydrogens is 190 g/mol. The second-order valence-corrected chi connectivity index (χ2v) is 5.76. The smallest absolute Gasteiger partial charge is 0.0779 e. The zero-order valence-corrected chi connectivity index (χ0v) is 10.7. The number of methoxy groups -OCH3 is 1. The molecule has 3 nitrogen and oxygen atoms in total. The van der Waals surface area contributed by atoms with Crippen LogP contribution in [0.5, 0.6) is 0 Å². The number of hydrogen-bond acceptors (Lipinski definition) is 3. The summed E-state index contributed by atoms with van der Waals surface area (Å²) in [6.45, 7) is 11.4. The van der Waals surface area contributed by atoms with Crippen LogP contribution in [0.4, 0.5) is 0 Å². The zero-order valence-electron chi connectivity index (χ0n) is 10.7. The molecule has 0 spiro atoms. The van der Waals surface area contributed by atoms with Gasteiger partial charge in [-0.15, -0.1) is 0 Å². The third-order valence-corrected chi connectivity index (χ3v) is 3.10. The normalized spacial score (nSPS) is 26.6. The maximum Gasteiger partial charge on any atom is 0.0779 e. The van der Waals surface area contributed by atoms with Gasteiger partial charge in [-0.2, -0.15) is 0 Å². The van der Waals surface area contributed by atoms with Gasteiger partial charge in [-0.1, -0.05) is 13.8 Å². The average Bonchev–Trinajstić information content (AvgIpc) is 2.08. The topological polar surface area (TPSA) is 30.5 Å². The molecule has 1 saturated heterocycles. The molecule has 1 fully saturated rings. The first-order valence-electron chi connectivity index (χ1n) is 5.74. The lowest BCUT2D eigenvalue weighted by Gasteiger charge is -2.42. The summed E-state index contributed by atoms with van der Waals surface area (Å²) in [7, 11) is 1.76. The Morgan fingerprint density at radius 2 is 2.13 bits per heavy atom. The summed E-state index contributed by atoms with van der Waals surface area (Å²) in [5.41, 5.74) is 0.133. The predicted molar refractivity (Wildman–Crippen MR) is 62.1 cm³/mol. The van der Waals surface area contributed by atoms with Gasteiger partial charge < -0.3 is 14.8 Å². The Bertz CT molecular complexity index is 202. The highest BCUT2D eigenvalue weighted by atomic mass is 16.5. The monoisotopic (exact) mass is 215 g/mol. The maximum absolute atomic E-state index is 5.80. The Labute approximate surface area is 93.5 Å². The molecule has 1 rings (SSSR count). The molecule has 90 valence electrons. The lowest BCUT2D eigenvalue weighted by molar-refractivity contribution is -0.0836. The Morgan fingerprint density at radius 3 is 2.67 bits per heavy atom. The molecule has 1 atom stereocenters. The third-order valence-electron chi connectivity index (χ3n) is 3.10. The van der Waals surface area contributed by atoms with Crippen molar-refractivity contribution in [2.45, 2.75) is 45.8 Å². The van der Waals surface area contributed by atoms with Crippen LogP contribution >= 0.6 is 0 Å². The summed E-state index contributed by atoms with van der Waals surface area (Å²) >= 11 is 0. The van der Waals surface area contributed by atoms with Crippen LogP contribution < -0.4 is 5.32 Å². The molecule has 0 aliphatic carbocycles. The number of nitrogens with one attached hydrogen (secondary N) is 1. The van der Waals surface area contributed by atoms with E-state index in [0.717, 1.165) is 26.2 Å². The fraction of sp³-hybridized carbons (Fsp3) is 1.00. The maximum atomic E-state index is 5.80. The standard InChI is InChI=1S/C12H25NO2/c1-11(2,9-14-5)8-10-12(3,4)15-7-6-13-10/h10,13H,6-9H2,1-5H3. The van der Waals surface area contributed by atoms with Gasteiger partial charge in [0.2, 0.25) is 0 Å². The summed E-state index contributed by atoms with van der Waals surface area (Å²) in [5.74, 6) is 0. The molecule has 15 heavy (non-hydrogen) atoms. The van der Waals surface area contributed by atoms with E-state index in [4.69, 9.17) is 9.47 Å². The SMILES string of the molecule is COCC(C)(C)CC1NCCOC1(C)C. The minimum absolute atomic E-state index is 0.0662. The van der Waals surface area contributed by atoms with Crippen LogP contribution in [0, 0.1) is 5.41 Å². The van der Waals surface area contributed by atoms with Crippen molar-refractivity contribution in [2.75, 3.05) is 26.9 Å². The van der Waals surface area contributed by atoms with Crippen LogP contribution in [0.15, 0.2) is 0 Å². The van der Waals surface area contributed by atoms with E-state index in [9.17, 15) is 0 Å². The van der Waals surface area contributed by atoms with E-state index < -0.39 is 0 Å². The zero-order chi connectivity index (χ0) is 11.5. The largest absolute Gasteiger partial charge is 0.384 e. The lowest BCUT2D eigenvalue weighted by atomic mass is 9.80. The van der Waals surface area contributed by atoms with Gasteiger partial charge in [0, 0.05) is 19.7 Å². The molecule has 1 aliphatic heterocycles. The molecule has 1 unspecified atom stereocenters. The predicted octanol–water partition coefficient (Wildman–Crippen LogP) is 1.82. The van der Waals surface area contributed by atoms with E-state index in [-0.39, 0.29) is 11.0 Å². The molecule has 0 aromatic carbocycles. The van der Waals surface area contributed by atoms with E-state index in [0.29, 0.717) is 6.04 Å². The molecule has 0 radical (unpaired) electrons. The Hall–Kier alpha value is -0.120. The molecule has 0 aromatic rings. The van der Waals surface area contributed by atoms with Crippen LogP contribution in [-0.2, 0) is 9.47 Å². The molecule has 1 N–H and O–H groups in total. The van der Waals surface area contributed by atoms with Crippen molar-refractivity contribution in [3.8, 4) is 0 Å². The molecule has 0 aromatic heterocycles. The molecule has 1 heterocycles. The van der Waals surface area contributed by atoms with E-state index in [2.05, 4.69) is 33.0 Å². The van der Waals surface area contributed by atoms with Crippen LogP contribution in [0.2, 0.25) is 0 Å². The van der Waals surface area contributed by atoms with Crippen LogP contribution in [0.1, 0.15) is 34.1 Å². The molecular formula is C12H25NO2. The minimum Gasteiger partial charge on any atom is -0.384 e. The second-order valence-electron chi connectivity index (χ2n) is 5.76. The molecule has 0 saturated carbocycles. The van der Waals surface area contributed by atoms with E-state index in [1.165, 1.54) is 0 Å². The number of hydrogen-bond donors (Lipinski definition) is 1. The van der Waals surface area contributed by atoms with Crippen molar-refractivity contribution < 1.29 is 9.47 Å². The first kappa shape index (κ1) is 12.9. The molecule has 0 amide bonds. The lowest BCUT2D eigenvalue weighted by Crippen LogP contribution is -2.56. The minimum atomic E-state index is -0.0662. The summed E-state index contributed by atoms with van der Waals surface area (Å²) in [4.78, 5) is 0.